The van der Waals surface area contributed by atoms with E-state index >= 15 is 0 Å². The van der Waals surface area contributed by atoms with Crippen molar-refractivity contribution in [3.8, 4) is 0 Å². The van der Waals surface area contributed by atoms with Gasteiger partial charge in [0.1, 0.15) is 6.04 Å². The number of amides is 2. The van der Waals surface area contributed by atoms with Crippen LogP contribution in [0.3, 0.4) is 0 Å². The summed E-state index contributed by atoms with van der Waals surface area (Å²) in [6, 6.07) is -1.57. The normalized spacial score (nSPS) is 25.8. The van der Waals surface area contributed by atoms with Gasteiger partial charge in [0.15, 0.2) is 0 Å². The van der Waals surface area contributed by atoms with Crippen molar-refractivity contribution in [3.63, 3.8) is 0 Å². The molecular weight excluding hydrogens is 303 g/mol. The van der Waals surface area contributed by atoms with Gasteiger partial charge in [0.05, 0.1) is 6.04 Å². The number of fused-ring (bicyclic) bond motifs is 2. The van der Waals surface area contributed by atoms with Crippen LogP contribution in [0.25, 0.3) is 0 Å². The van der Waals surface area contributed by atoms with Crippen molar-refractivity contribution >= 4 is 16.4 Å². The number of carbonyl (C=O) groups excluding carboxylic acids is 1. The number of hydrogen-bond donors (Lipinski definition) is 0. The van der Waals surface area contributed by atoms with E-state index in [-0.39, 0.29) is 42.0 Å². The molecule has 2 saturated heterocycles. The van der Waals surface area contributed by atoms with Gasteiger partial charge in [-0.25, -0.2) is 13.2 Å². The van der Waals surface area contributed by atoms with Crippen LogP contribution in [0.1, 0.15) is 24.8 Å². The number of rotatable bonds is 3. The maximum Gasteiger partial charge on any atom is 1.00 e. The molecule has 10 nitrogen and oxygen atoms in total. The van der Waals surface area contributed by atoms with Crippen LogP contribution in [0.4, 0.5) is 4.79 Å². The van der Waals surface area contributed by atoms with E-state index < -0.39 is 28.5 Å². The fourth-order valence-corrected chi connectivity index (χ4v) is 2.79. The molecule has 0 N–H and O–H groups in total. The third kappa shape index (κ3) is 2.82. The average molecular weight is 312 g/mol. The Bertz CT molecular complexity index is 592. The standard InChI is InChI=1S/C8H10N4O6S.Na/c13-8-11-3-5(12(8)18-19(14,15)16)1-2-6(11)7-10-9-4-17-7;/h4-6H,1-3H2,(H,14,15,16);/q;+1/p-1/t5-,6+;/m1./s1. The minimum Gasteiger partial charge on any atom is -0.724 e. The topological polar surface area (TPSA) is 129 Å². The Morgan fingerprint density at radius 2 is 2.20 bits per heavy atom. The maximum atomic E-state index is 12.0. The summed E-state index contributed by atoms with van der Waals surface area (Å²) in [6.07, 6.45) is 2.15. The van der Waals surface area contributed by atoms with E-state index in [1.807, 2.05) is 0 Å². The Morgan fingerprint density at radius 3 is 2.80 bits per heavy atom. The van der Waals surface area contributed by atoms with Crippen LogP contribution in [0, 0.1) is 0 Å². The van der Waals surface area contributed by atoms with Crippen LogP contribution in [-0.2, 0) is 14.7 Å². The number of hydrogen-bond acceptors (Lipinski definition) is 8. The Balaban J connectivity index is 0.00000147. The molecule has 0 saturated carbocycles. The smallest absolute Gasteiger partial charge is 0.724 e. The van der Waals surface area contributed by atoms with Crippen LogP contribution in [-0.4, -0.2) is 51.7 Å². The van der Waals surface area contributed by atoms with Gasteiger partial charge in [-0.2, -0.15) is 9.35 Å². The monoisotopic (exact) mass is 312 g/mol. The summed E-state index contributed by atoms with van der Waals surface area (Å²) in [5.41, 5.74) is 0. The molecule has 1 aromatic heterocycles. The second-order valence-electron chi connectivity index (χ2n) is 4.27. The predicted molar refractivity (Wildman–Crippen MR) is 54.8 cm³/mol. The SMILES string of the molecule is O=C1N2C[C@@H](CC[C@H]2c2nnco2)N1OS(=O)(=O)[O-].[Na+]. The van der Waals surface area contributed by atoms with Gasteiger partial charge < -0.3 is 13.9 Å². The molecule has 2 bridgehead atoms. The predicted octanol–water partition coefficient (Wildman–Crippen LogP) is -3.59. The van der Waals surface area contributed by atoms with Gasteiger partial charge in [-0.1, -0.05) is 0 Å². The molecule has 104 valence electrons. The first-order chi connectivity index (χ1) is 8.96. The first-order valence-corrected chi connectivity index (χ1v) is 6.80. The van der Waals surface area contributed by atoms with E-state index in [0.29, 0.717) is 17.9 Å². The van der Waals surface area contributed by atoms with Crippen molar-refractivity contribution in [3.05, 3.63) is 12.3 Å². The van der Waals surface area contributed by atoms with Gasteiger partial charge in [0.2, 0.25) is 22.7 Å². The zero-order valence-electron chi connectivity index (χ0n) is 10.5. The zero-order valence-corrected chi connectivity index (χ0v) is 13.3. The molecule has 0 aromatic carbocycles. The van der Waals surface area contributed by atoms with E-state index in [2.05, 4.69) is 14.5 Å². The number of piperidine rings is 1. The van der Waals surface area contributed by atoms with Crippen LogP contribution in [0.15, 0.2) is 10.8 Å². The number of urea groups is 1. The summed E-state index contributed by atoms with van der Waals surface area (Å²) < 4.78 is 41.0. The number of hydroxylamine groups is 2. The van der Waals surface area contributed by atoms with Gasteiger partial charge in [0, 0.05) is 6.54 Å². The van der Waals surface area contributed by atoms with E-state index in [0.717, 1.165) is 6.39 Å². The van der Waals surface area contributed by atoms with Crippen LogP contribution >= 0.6 is 0 Å². The molecule has 2 aliphatic heterocycles. The molecule has 0 aliphatic carbocycles. The number of aromatic nitrogens is 2. The zero-order chi connectivity index (χ0) is 13.6. The molecular formula is C8H9N4NaO6S. The maximum absolute atomic E-state index is 12.0. The molecule has 2 atom stereocenters. The van der Waals surface area contributed by atoms with Crippen molar-refractivity contribution in [2.75, 3.05) is 6.54 Å². The van der Waals surface area contributed by atoms with Crippen molar-refractivity contribution in [2.45, 2.75) is 24.9 Å². The molecule has 20 heavy (non-hydrogen) atoms. The van der Waals surface area contributed by atoms with E-state index in [1.165, 1.54) is 4.90 Å². The van der Waals surface area contributed by atoms with Gasteiger partial charge in [-0.15, -0.1) is 10.2 Å². The first-order valence-electron chi connectivity index (χ1n) is 5.47. The molecule has 2 amide bonds. The molecule has 1 aromatic rings. The van der Waals surface area contributed by atoms with Crippen LogP contribution < -0.4 is 29.6 Å². The fourth-order valence-electron chi connectivity index (χ4n) is 2.41. The summed E-state index contributed by atoms with van der Waals surface area (Å²) in [7, 11) is -4.97. The largest absolute Gasteiger partial charge is 1.00 e. The number of nitrogens with zero attached hydrogens (tertiary/aromatic N) is 4. The van der Waals surface area contributed by atoms with E-state index in [4.69, 9.17) is 4.42 Å². The average Bonchev–Trinajstić information content (AvgIpc) is 2.93. The third-order valence-corrected chi connectivity index (χ3v) is 3.50. The summed E-state index contributed by atoms with van der Waals surface area (Å²) >= 11 is 0. The molecule has 3 heterocycles. The van der Waals surface area contributed by atoms with Gasteiger partial charge in [0.25, 0.3) is 0 Å². The minimum atomic E-state index is -4.97. The molecule has 2 aliphatic rings. The summed E-state index contributed by atoms with van der Waals surface area (Å²) in [6.45, 7) is 0.251. The molecule has 3 rings (SSSR count). The Hall–Kier alpha value is -0.720. The summed E-state index contributed by atoms with van der Waals surface area (Å²) in [5, 5.41) is 7.89. The summed E-state index contributed by atoms with van der Waals surface area (Å²) in [4.78, 5) is 13.4. The second-order valence-corrected chi connectivity index (χ2v) is 5.23. The molecule has 12 heteroatoms. The van der Waals surface area contributed by atoms with Crippen molar-refractivity contribution in [2.24, 2.45) is 0 Å². The van der Waals surface area contributed by atoms with Crippen molar-refractivity contribution < 1.29 is 56.0 Å². The minimum absolute atomic E-state index is 0. The Labute approximate surface area is 136 Å². The molecule has 0 unspecified atom stereocenters. The Morgan fingerprint density at radius 1 is 1.45 bits per heavy atom. The Kier molecular flexibility index (Phi) is 4.37. The number of carbonyl (C=O) groups is 1. The van der Waals surface area contributed by atoms with Gasteiger partial charge >= 0.3 is 35.6 Å². The molecule has 0 spiro atoms. The van der Waals surface area contributed by atoms with Crippen LogP contribution in [0.5, 0.6) is 0 Å². The van der Waals surface area contributed by atoms with Crippen LogP contribution in [0.2, 0.25) is 0 Å². The fraction of sp³-hybridized carbons (Fsp3) is 0.625. The quantitative estimate of drug-likeness (QED) is 0.318. The van der Waals surface area contributed by atoms with Gasteiger partial charge in [-0.3, -0.25) is 0 Å². The third-order valence-electron chi connectivity index (χ3n) is 3.16. The van der Waals surface area contributed by atoms with Crippen molar-refractivity contribution in [1.29, 1.82) is 0 Å². The second kappa shape index (κ2) is 5.58. The summed E-state index contributed by atoms with van der Waals surface area (Å²) in [5.74, 6) is 0.277. The van der Waals surface area contributed by atoms with E-state index in [9.17, 15) is 17.8 Å². The van der Waals surface area contributed by atoms with Crippen molar-refractivity contribution in [1.82, 2.24) is 20.2 Å². The van der Waals surface area contributed by atoms with Gasteiger partial charge in [-0.05, 0) is 12.8 Å². The first kappa shape index (κ1) is 15.7. The molecule has 2 fully saturated rings. The van der Waals surface area contributed by atoms with E-state index in [1.54, 1.807) is 0 Å². The molecule has 0 radical (unpaired) electrons.